The summed E-state index contributed by atoms with van der Waals surface area (Å²) in [7, 11) is 0. The highest BCUT2D eigenvalue weighted by Gasteiger charge is 2.23. The van der Waals surface area contributed by atoms with E-state index in [-0.39, 0.29) is 6.04 Å². The van der Waals surface area contributed by atoms with E-state index in [9.17, 15) is 0 Å². The summed E-state index contributed by atoms with van der Waals surface area (Å²) < 4.78 is 0. The summed E-state index contributed by atoms with van der Waals surface area (Å²) in [5.74, 6) is 0. The molecule has 112 valence electrons. The maximum Gasteiger partial charge on any atom is 0.115 e. The van der Waals surface area contributed by atoms with Crippen LogP contribution in [0.3, 0.4) is 0 Å². The van der Waals surface area contributed by atoms with Gasteiger partial charge in [0.25, 0.3) is 0 Å². The SMILES string of the molecule is CCNC(c1nc2c(s1)CCCC2)c1cccc(C)c1C. The number of nitrogens with zero attached hydrogens (tertiary/aromatic N) is 1. The van der Waals surface area contributed by atoms with Crippen LogP contribution in [0.25, 0.3) is 0 Å². The zero-order valence-corrected chi connectivity index (χ0v) is 14.0. The van der Waals surface area contributed by atoms with Crippen molar-refractivity contribution < 1.29 is 0 Å². The first kappa shape index (κ1) is 14.7. The minimum Gasteiger partial charge on any atom is -0.305 e. The van der Waals surface area contributed by atoms with Crippen molar-refractivity contribution in [1.82, 2.24) is 10.3 Å². The number of rotatable bonds is 4. The molecule has 1 N–H and O–H groups in total. The molecule has 0 saturated heterocycles. The van der Waals surface area contributed by atoms with Crippen LogP contribution in [0.4, 0.5) is 0 Å². The Hall–Kier alpha value is -1.19. The first-order valence-electron chi connectivity index (χ1n) is 7.98. The van der Waals surface area contributed by atoms with Gasteiger partial charge in [-0.1, -0.05) is 25.1 Å². The lowest BCUT2D eigenvalue weighted by Gasteiger charge is -2.19. The molecule has 2 aromatic rings. The summed E-state index contributed by atoms with van der Waals surface area (Å²) in [6.45, 7) is 7.55. The molecule has 0 aliphatic heterocycles. The molecular weight excluding hydrogens is 276 g/mol. The van der Waals surface area contributed by atoms with Gasteiger partial charge in [-0.3, -0.25) is 0 Å². The molecular formula is C18H24N2S. The topological polar surface area (TPSA) is 24.9 Å². The number of hydrogen-bond donors (Lipinski definition) is 1. The fraction of sp³-hybridized carbons (Fsp3) is 0.500. The third-order valence-corrected chi connectivity index (χ3v) is 5.70. The van der Waals surface area contributed by atoms with Crippen LogP contribution in [0.5, 0.6) is 0 Å². The van der Waals surface area contributed by atoms with Crippen molar-refractivity contribution in [2.45, 2.75) is 52.5 Å². The molecule has 21 heavy (non-hydrogen) atoms. The summed E-state index contributed by atoms with van der Waals surface area (Å²) in [5, 5.41) is 4.89. The predicted octanol–water partition coefficient (Wildman–Crippen LogP) is 4.34. The highest BCUT2D eigenvalue weighted by atomic mass is 32.1. The number of aromatic nitrogens is 1. The summed E-state index contributed by atoms with van der Waals surface area (Å²) in [6, 6.07) is 6.84. The number of fused-ring (bicyclic) bond motifs is 1. The van der Waals surface area contributed by atoms with E-state index in [2.05, 4.69) is 44.3 Å². The lowest BCUT2D eigenvalue weighted by atomic mass is 9.97. The van der Waals surface area contributed by atoms with Gasteiger partial charge in [0.2, 0.25) is 0 Å². The van der Waals surface area contributed by atoms with Crippen molar-refractivity contribution in [2.75, 3.05) is 6.54 Å². The van der Waals surface area contributed by atoms with Crippen molar-refractivity contribution in [2.24, 2.45) is 0 Å². The van der Waals surface area contributed by atoms with E-state index in [1.165, 1.54) is 51.5 Å². The smallest absolute Gasteiger partial charge is 0.115 e. The number of benzene rings is 1. The predicted molar refractivity (Wildman–Crippen MR) is 90.2 cm³/mol. The van der Waals surface area contributed by atoms with E-state index in [1.54, 1.807) is 0 Å². The molecule has 0 spiro atoms. The molecule has 1 heterocycles. The summed E-state index contributed by atoms with van der Waals surface area (Å²) in [6.07, 6.45) is 5.01. The van der Waals surface area contributed by atoms with E-state index in [4.69, 9.17) is 4.98 Å². The van der Waals surface area contributed by atoms with Crippen molar-refractivity contribution in [1.29, 1.82) is 0 Å². The Labute approximate surface area is 131 Å². The third-order valence-electron chi connectivity index (χ3n) is 4.47. The van der Waals surface area contributed by atoms with Gasteiger partial charge in [-0.25, -0.2) is 4.98 Å². The summed E-state index contributed by atoms with van der Waals surface area (Å²) in [4.78, 5) is 6.49. The van der Waals surface area contributed by atoms with Crippen LogP contribution in [-0.4, -0.2) is 11.5 Å². The minimum absolute atomic E-state index is 0.241. The van der Waals surface area contributed by atoms with Gasteiger partial charge < -0.3 is 5.32 Å². The summed E-state index contributed by atoms with van der Waals surface area (Å²) in [5.41, 5.74) is 5.48. The zero-order chi connectivity index (χ0) is 14.8. The van der Waals surface area contributed by atoms with Crippen LogP contribution in [0.15, 0.2) is 18.2 Å². The number of aryl methyl sites for hydroxylation is 3. The summed E-state index contributed by atoms with van der Waals surface area (Å²) >= 11 is 1.92. The second kappa shape index (κ2) is 6.29. The fourth-order valence-corrected chi connectivity index (χ4v) is 4.36. The molecule has 3 rings (SSSR count). The largest absolute Gasteiger partial charge is 0.305 e. The molecule has 1 atom stereocenters. The average Bonchev–Trinajstić information content (AvgIpc) is 2.91. The molecule has 3 heteroatoms. The standard InChI is InChI=1S/C18H24N2S/c1-4-19-17(14-9-7-8-12(2)13(14)3)18-20-15-10-5-6-11-16(15)21-18/h7-9,17,19H,4-6,10-11H2,1-3H3. The van der Waals surface area contributed by atoms with E-state index < -0.39 is 0 Å². The first-order valence-corrected chi connectivity index (χ1v) is 8.80. The normalized spacial score (nSPS) is 15.8. The van der Waals surface area contributed by atoms with Crippen molar-refractivity contribution in [3.63, 3.8) is 0 Å². The van der Waals surface area contributed by atoms with Gasteiger partial charge in [0.05, 0.1) is 11.7 Å². The van der Waals surface area contributed by atoms with Crippen LogP contribution in [0.1, 0.15) is 58.1 Å². The molecule has 1 aromatic carbocycles. The van der Waals surface area contributed by atoms with Gasteiger partial charge >= 0.3 is 0 Å². The molecule has 0 saturated carbocycles. The van der Waals surface area contributed by atoms with E-state index in [0.29, 0.717) is 0 Å². The van der Waals surface area contributed by atoms with Crippen molar-refractivity contribution >= 4 is 11.3 Å². The Balaban J connectivity index is 2.01. The van der Waals surface area contributed by atoms with Gasteiger partial charge in [-0.05, 0) is 62.8 Å². The fourth-order valence-electron chi connectivity index (χ4n) is 3.12. The molecule has 1 aromatic heterocycles. The zero-order valence-electron chi connectivity index (χ0n) is 13.2. The maximum absolute atomic E-state index is 4.97. The Kier molecular flexibility index (Phi) is 4.41. The lowest BCUT2D eigenvalue weighted by molar-refractivity contribution is 0.617. The van der Waals surface area contributed by atoms with Gasteiger partial charge in [-0.2, -0.15) is 0 Å². The average molecular weight is 300 g/mol. The minimum atomic E-state index is 0.241. The van der Waals surface area contributed by atoms with Crippen LogP contribution in [-0.2, 0) is 12.8 Å². The number of nitrogens with one attached hydrogen (secondary N) is 1. The van der Waals surface area contributed by atoms with Gasteiger partial charge in [0, 0.05) is 4.88 Å². The van der Waals surface area contributed by atoms with Gasteiger partial charge in [-0.15, -0.1) is 11.3 Å². The Morgan fingerprint density at radius 3 is 2.81 bits per heavy atom. The molecule has 1 aliphatic rings. The molecule has 2 nitrogen and oxygen atoms in total. The van der Waals surface area contributed by atoms with Gasteiger partial charge in [0.15, 0.2) is 0 Å². The molecule has 0 fully saturated rings. The number of hydrogen-bond acceptors (Lipinski definition) is 3. The van der Waals surface area contributed by atoms with E-state index in [1.807, 2.05) is 11.3 Å². The van der Waals surface area contributed by atoms with Crippen LogP contribution < -0.4 is 5.32 Å². The van der Waals surface area contributed by atoms with Crippen LogP contribution >= 0.6 is 11.3 Å². The highest BCUT2D eigenvalue weighted by Crippen LogP contribution is 2.34. The number of thiazole rings is 1. The second-order valence-corrected chi connectivity index (χ2v) is 7.02. The van der Waals surface area contributed by atoms with Crippen molar-refractivity contribution in [3.8, 4) is 0 Å². The van der Waals surface area contributed by atoms with Crippen molar-refractivity contribution in [3.05, 3.63) is 50.5 Å². The molecule has 1 unspecified atom stereocenters. The third kappa shape index (κ3) is 2.90. The Bertz CT molecular complexity index is 607. The molecule has 0 amide bonds. The van der Waals surface area contributed by atoms with Crippen LogP contribution in [0.2, 0.25) is 0 Å². The van der Waals surface area contributed by atoms with E-state index in [0.717, 1.165) is 13.0 Å². The highest BCUT2D eigenvalue weighted by molar-refractivity contribution is 7.11. The lowest BCUT2D eigenvalue weighted by Crippen LogP contribution is -2.23. The molecule has 0 radical (unpaired) electrons. The Morgan fingerprint density at radius 2 is 2.05 bits per heavy atom. The quantitative estimate of drug-likeness (QED) is 0.908. The van der Waals surface area contributed by atoms with Gasteiger partial charge in [0.1, 0.15) is 5.01 Å². The maximum atomic E-state index is 4.97. The molecule has 0 bridgehead atoms. The Morgan fingerprint density at radius 1 is 1.24 bits per heavy atom. The first-order chi connectivity index (χ1) is 10.2. The second-order valence-electron chi connectivity index (χ2n) is 5.91. The van der Waals surface area contributed by atoms with Crippen LogP contribution in [0, 0.1) is 13.8 Å². The monoisotopic (exact) mass is 300 g/mol. The molecule has 1 aliphatic carbocycles. The van der Waals surface area contributed by atoms with E-state index >= 15 is 0 Å².